The maximum atomic E-state index is 14.3. The third-order valence-electron chi connectivity index (χ3n) is 6.62. The Labute approximate surface area is 211 Å². The van der Waals surface area contributed by atoms with Gasteiger partial charge < -0.3 is 20.5 Å². The van der Waals surface area contributed by atoms with Gasteiger partial charge in [0.15, 0.2) is 5.82 Å². The number of rotatable bonds is 12. The van der Waals surface area contributed by atoms with E-state index >= 15 is 0 Å². The fourth-order valence-corrected chi connectivity index (χ4v) is 4.77. The second kappa shape index (κ2) is 12.7. The van der Waals surface area contributed by atoms with Gasteiger partial charge in [0.25, 0.3) is 0 Å². The number of fused-ring (bicyclic) bond motifs is 1. The first-order valence-electron chi connectivity index (χ1n) is 12.8. The molecule has 0 bridgehead atoms. The molecule has 1 aromatic heterocycles. The van der Waals surface area contributed by atoms with Crippen LogP contribution >= 0.6 is 0 Å². The van der Waals surface area contributed by atoms with Crippen molar-refractivity contribution in [3.05, 3.63) is 83.3 Å². The molecule has 4 rings (SSSR count). The van der Waals surface area contributed by atoms with Crippen molar-refractivity contribution in [1.29, 1.82) is 0 Å². The molecule has 0 saturated heterocycles. The molecule has 1 unspecified atom stereocenters. The van der Waals surface area contributed by atoms with Gasteiger partial charge >= 0.3 is 0 Å². The molecule has 192 valence electrons. The summed E-state index contributed by atoms with van der Waals surface area (Å²) in [6.45, 7) is 4.55. The second-order valence-electron chi connectivity index (χ2n) is 9.47. The summed E-state index contributed by atoms with van der Waals surface area (Å²) in [4.78, 5) is 17.4. The highest BCUT2D eigenvalue weighted by molar-refractivity contribution is 5.94. The minimum atomic E-state index is -0.538. The zero-order valence-corrected chi connectivity index (χ0v) is 20.8. The number of carbonyl (C=O) groups excluding carboxylic acids is 1. The largest absolute Gasteiger partial charge is 0.335 e. The quantitative estimate of drug-likeness (QED) is 0.321. The zero-order chi connectivity index (χ0) is 25.3. The summed E-state index contributed by atoms with van der Waals surface area (Å²) in [5.74, 6) is -0.662. The van der Waals surface area contributed by atoms with Crippen molar-refractivity contribution in [3.8, 4) is 0 Å². The number of amides is 1. The van der Waals surface area contributed by atoms with Gasteiger partial charge in [0, 0.05) is 31.4 Å². The Morgan fingerprint density at radius 2 is 2.06 bits per heavy atom. The standard InChI is InChI=1S/C28H35F2N5O/c1-2-7-26(33-23-11-10-21-14-22(29)15-25(30)24(21)16-23)28(36)34-27-18-35(19-32-27)13-6-12-31-17-20-8-4-3-5-9-20/h3-5,8-9,14-15,18-19,23,26,31,33H,2,6-7,10-13,16-17H2,1H3,(H,34,36)/t23?,26-/m0/s1. The van der Waals surface area contributed by atoms with Crippen LogP contribution < -0.4 is 16.0 Å². The van der Waals surface area contributed by atoms with Crippen LogP contribution in [0.2, 0.25) is 0 Å². The molecular formula is C28H35F2N5O. The maximum absolute atomic E-state index is 14.3. The number of imidazole rings is 1. The van der Waals surface area contributed by atoms with Gasteiger partial charge in [-0.05, 0) is 61.4 Å². The van der Waals surface area contributed by atoms with Crippen molar-refractivity contribution in [3.63, 3.8) is 0 Å². The lowest BCUT2D eigenvalue weighted by Gasteiger charge is -2.29. The number of aromatic nitrogens is 2. The number of hydrogen-bond donors (Lipinski definition) is 3. The van der Waals surface area contributed by atoms with Crippen molar-refractivity contribution >= 4 is 11.7 Å². The van der Waals surface area contributed by atoms with E-state index in [9.17, 15) is 13.6 Å². The van der Waals surface area contributed by atoms with E-state index in [0.29, 0.717) is 30.6 Å². The molecule has 3 aromatic rings. The molecule has 8 heteroatoms. The van der Waals surface area contributed by atoms with Crippen LogP contribution in [-0.2, 0) is 30.7 Å². The SMILES string of the molecule is CCC[C@H](NC1CCc2cc(F)cc(F)c2C1)C(=O)Nc1cn(CCCNCc2ccccc2)cn1. The monoisotopic (exact) mass is 495 g/mol. The van der Waals surface area contributed by atoms with Gasteiger partial charge in [0.05, 0.1) is 12.4 Å². The van der Waals surface area contributed by atoms with Crippen molar-refractivity contribution in [2.24, 2.45) is 0 Å². The van der Waals surface area contributed by atoms with Gasteiger partial charge in [-0.3, -0.25) is 4.79 Å². The van der Waals surface area contributed by atoms with Crippen LogP contribution in [0.25, 0.3) is 0 Å². The number of benzene rings is 2. The van der Waals surface area contributed by atoms with Crippen molar-refractivity contribution in [2.45, 2.75) is 70.6 Å². The van der Waals surface area contributed by atoms with E-state index in [-0.39, 0.29) is 11.9 Å². The molecule has 0 radical (unpaired) electrons. The van der Waals surface area contributed by atoms with E-state index in [1.807, 2.05) is 35.9 Å². The molecule has 1 amide bonds. The first kappa shape index (κ1) is 26.0. The Morgan fingerprint density at radius 3 is 2.86 bits per heavy atom. The second-order valence-corrected chi connectivity index (χ2v) is 9.47. The third-order valence-corrected chi connectivity index (χ3v) is 6.62. The van der Waals surface area contributed by atoms with Crippen molar-refractivity contribution in [2.75, 3.05) is 11.9 Å². The highest BCUT2D eigenvalue weighted by Gasteiger charge is 2.27. The lowest BCUT2D eigenvalue weighted by Crippen LogP contribution is -2.48. The van der Waals surface area contributed by atoms with E-state index in [2.05, 4.69) is 33.1 Å². The molecular weight excluding hydrogens is 460 g/mol. The fraction of sp³-hybridized carbons (Fsp3) is 0.429. The molecule has 0 fully saturated rings. The van der Waals surface area contributed by atoms with Gasteiger partial charge in [0.1, 0.15) is 11.6 Å². The molecule has 0 spiro atoms. The minimum absolute atomic E-state index is 0.0410. The average molecular weight is 496 g/mol. The number of anilines is 1. The summed E-state index contributed by atoms with van der Waals surface area (Å²) in [6.07, 6.45) is 7.78. The Bertz CT molecular complexity index is 1130. The fourth-order valence-electron chi connectivity index (χ4n) is 4.77. The molecule has 3 N–H and O–H groups in total. The molecule has 1 heterocycles. The van der Waals surface area contributed by atoms with Gasteiger partial charge in [-0.2, -0.15) is 0 Å². The lowest BCUT2D eigenvalue weighted by molar-refractivity contribution is -0.118. The van der Waals surface area contributed by atoms with Gasteiger partial charge in [-0.15, -0.1) is 0 Å². The molecule has 0 saturated carbocycles. The molecule has 2 atom stereocenters. The normalized spacial score (nSPS) is 15.9. The summed E-state index contributed by atoms with van der Waals surface area (Å²) in [7, 11) is 0. The van der Waals surface area contributed by atoms with Crippen LogP contribution in [-0.4, -0.2) is 34.1 Å². The topological polar surface area (TPSA) is 71.0 Å². The lowest BCUT2D eigenvalue weighted by atomic mass is 9.87. The van der Waals surface area contributed by atoms with E-state index in [4.69, 9.17) is 0 Å². The van der Waals surface area contributed by atoms with Crippen LogP contribution in [0.15, 0.2) is 55.0 Å². The van der Waals surface area contributed by atoms with Gasteiger partial charge in [0.2, 0.25) is 5.91 Å². The van der Waals surface area contributed by atoms with Crippen LogP contribution in [0.1, 0.15) is 49.3 Å². The number of hydrogen-bond acceptors (Lipinski definition) is 4. The summed E-state index contributed by atoms with van der Waals surface area (Å²) in [5, 5.41) is 9.78. The molecule has 0 aliphatic heterocycles. The Morgan fingerprint density at radius 1 is 1.22 bits per heavy atom. The third kappa shape index (κ3) is 7.21. The average Bonchev–Trinajstić information content (AvgIpc) is 3.31. The molecule has 6 nitrogen and oxygen atoms in total. The number of nitrogens with zero attached hydrogens (tertiary/aromatic N) is 2. The van der Waals surface area contributed by atoms with E-state index in [1.54, 1.807) is 6.33 Å². The summed E-state index contributed by atoms with van der Waals surface area (Å²) in [6, 6.07) is 12.2. The van der Waals surface area contributed by atoms with E-state index < -0.39 is 17.7 Å². The highest BCUT2D eigenvalue weighted by atomic mass is 19.1. The number of halogens is 2. The van der Waals surface area contributed by atoms with Gasteiger partial charge in [-0.1, -0.05) is 43.7 Å². The summed E-state index contributed by atoms with van der Waals surface area (Å²) < 4.78 is 29.8. The summed E-state index contributed by atoms with van der Waals surface area (Å²) >= 11 is 0. The number of aryl methyl sites for hydroxylation is 2. The number of carbonyl (C=O) groups is 1. The Kier molecular flexibility index (Phi) is 9.19. The van der Waals surface area contributed by atoms with Crippen molar-refractivity contribution in [1.82, 2.24) is 20.2 Å². The van der Waals surface area contributed by atoms with Crippen molar-refractivity contribution < 1.29 is 13.6 Å². The molecule has 2 aromatic carbocycles. The van der Waals surface area contributed by atoms with Gasteiger partial charge in [-0.25, -0.2) is 13.8 Å². The Hall–Kier alpha value is -3.10. The zero-order valence-electron chi connectivity index (χ0n) is 20.8. The highest BCUT2D eigenvalue weighted by Crippen LogP contribution is 2.26. The van der Waals surface area contributed by atoms with Crippen LogP contribution in [0.4, 0.5) is 14.6 Å². The first-order chi connectivity index (χ1) is 17.5. The van der Waals surface area contributed by atoms with Crippen LogP contribution in [0.3, 0.4) is 0 Å². The summed E-state index contributed by atoms with van der Waals surface area (Å²) in [5.41, 5.74) is 2.53. The minimum Gasteiger partial charge on any atom is -0.335 e. The first-order valence-corrected chi connectivity index (χ1v) is 12.8. The predicted octanol–water partition coefficient (Wildman–Crippen LogP) is 4.60. The molecule has 1 aliphatic carbocycles. The van der Waals surface area contributed by atoms with Crippen LogP contribution in [0, 0.1) is 11.6 Å². The van der Waals surface area contributed by atoms with E-state index in [0.717, 1.165) is 50.5 Å². The van der Waals surface area contributed by atoms with Crippen LogP contribution in [0.5, 0.6) is 0 Å². The Balaban J connectivity index is 1.24. The number of nitrogens with one attached hydrogen (secondary N) is 3. The molecule has 1 aliphatic rings. The maximum Gasteiger partial charge on any atom is 0.242 e. The predicted molar refractivity (Wildman–Crippen MR) is 138 cm³/mol. The molecule has 36 heavy (non-hydrogen) atoms. The van der Waals surface area contributed by atoms with E-state index in [1.165, 1.54) is 11.6 Å². The smallest absolute Gasteiger partial charge is 0.242 e.